The number of fused-ring (bicyclic) bond motifs is 2. The smallest absolute Gasteiger partial charge is 0.475 e. The van der Waals surface area contributed by atoms with Crippen LogP contribution < -0.4 is 5.32 Å². The Morgan fingerprint density at radius 3 is 2.21 bits per heavy atom. The van der Waals surface area contributed by atoms with E-state index in [0.29, 0.717) is 17.6 Å². The molecule has 0 saturated carbocycles. The molecule has 2 aliphatic heterocycles. The Morgan fingerprint density at radius 1 is 1.25 bits per heavy atom. The maximum atomic E-state index is 12.3. The minimum Gasteiger partial charge on any atom is -0.475 e. The van der Waals surface area contributed by atoms with Crippen molar-refractivity contribution < 1.29 is 32.3 Å². The third-order valence-corrected chi connectivity index (χ3v) is 3.97. The summed E-state index contributed by atoms with van der Waals surface area (Å²) in [6.07, 6.45) is -3.83. The largest absolute Gasteiger partial charge is 0.490 e. The number of aryl methyl sites for hydroxylation is 1. The first-order valence-electron chi connectivity index (χ1n) is 7.53. The van der Waals surface area contributed by atoms with Gasteiger partial charge in [0.25, 0.3) is 5.91 Å². The number of nitrogens with zero attached hydrogens (tertiary/aromatic N) is 1. The van der Waals surface area contributed by atoms with E-state index in [-0.39, 0.29) is 5.91 Å². The van der Waals surface area contributed by atoms with Gasteiger partial charge in [0.05, 0.1) is 0 Å². The van der Waals surface area contributed by atoms with Crippen LogP contribution in [0.25, 0.3) is 0 Å². The molecule has 2 saturated heterocycles. The summed E-state index contributed by atoms with van der Waals surface area (Å²) in [5, 5.41) is 10.6. The predicted molar refractivity (Wildman–Crippen MR) is 77.5 cm³/mol. The monoisotopic (exact) mass is 348 g/mol. The van der Waals surface area contributed by atoms with Crippen LogP contribution in [0.15, 0.2) is 16.5 Å². The number of carboxylic acid groups (broad SMARTS) is 1. The maximum absolute atomic E-state index is 12.3. The van der Waals surface area contributed by atoms with Crippen LogP contribution in [0.5, 0.6) is 0 Å². The Balaban J connectivity index is 0.000000256. The van der Waals surface area contributed by atoms with E-state index in [9.17, 15) is 18.0 Å². The number of hydrogen-bond donors (Lipinski definition) is 2. The summed E-state index contributed by atoms with van der Waals surface area (Å²) in [6.45, 7) is 5.67. The van der Waals surface area contributed by atoms with Gasteiger partial charge in [-0.15, -0.1) is 0 Å². The van der Waals surface area contributed by atoms with Crippen LogP contribution in [0.1, 0.15) is 22.7 Å². The lowest BCUT2D eigenvalue weighted by Crippen LogP contribution is -2.52. The summed E-state index contributed by atoms with van der Waals surface area (Å²) in [4.78, 5) is 23.1. The van der Waals surface area contributed by atoms with Crippen LogP contribution in [0.4, 0.5) is 13.2 Å². The number of carbonyl (C=O) groups excluding carboxylic acids is 1. The second-order valence-electron chi connectivity index (χ2n) is 6.05. The van der Waals surface area contributed by atoms with Crippen LogP contribution in [-0.2, 0) is 4.79 Å². The molecule has 6 nitrogen and oxygen atoms in total. The lowest BCUT2D eigenvalue weighted by Gasteiger charge is -2.41. The third-order valence-electron chi connectivity index (χ3n) is 3.97. The van der Waals surface area contributed by atoms with E-state index >= 15 is 0 Å². The fourth-order valence-electron chi connectivity index (χ4n) is 2.98. The van der Waals surface area contributed by atoms with Gasteiger partial charge in [0.2, 0.25) is 0 Å². The lowest BCUT2D eigenvalue weighted by atomic mass is 9.86. The third kappa shape index (κ3) is 4.73. The molecule has 0 aromatic carbocycles. The number of alkyl halides is 3. The fourth-order valence-corrected chi connectivity index (χ4v) is 2.98. The Labute approximate surface area is 136 Å². The fraction of sp³-hybridized carbons (Fsp3) is 0.600. The first-order valence-corrected chi connectivity index (χ1v) is 7.53. The number of carboxylic acids is 1. The Kier molecular flexibility index (Phi) is 5.53. The average molecular weight is 348 g/mol. The van der Waals surface area contributed by atoms with Crippen molar-refractivity contribution in [3.8, 4) is 0 Å². The molecule has 2 atom stereocenters. The number of aliphatic carboxylic acids is 1. The molecule has 3 heterocycles. The summed E-state index contributed by atoms with van der Waals surface area (Å²) in [6, 6.07) is 3.62. The van der Waals surface area contributed by atoms with E-state index in [1.807, 2.05) is 17.9 Å². The zero-order valence-corrected chi connectivity index (χ0v) is 13.1. The van der Waals surface area contributed by atoms with Crippen molar-refractivity contribution in [3.05, 3.63) is 23.7 Å². The number of carbonyl (C=O) groups is 2. The lowest BCUT2D eigenvalue weighted by molar-refractivity contribution is -0.192. The number of likely N-dealkylation sites (tertiary alicyclic amines) is 1. The van der Waals surface area contributed by atoms with Crippen molar-refractivity contribution >= 4 is 11.9 Å². The van der Waals surface area contributed by atoms with E-state index in [0.717, 1.165) is 31.9 Å². The van der Waals surface area contributed by atoms with Gasteiger partial charge in [0.1, 0.15) is 5.76 Å². The molecule has 0 unspecified atom stereocenters. The van der Waals surface area contributed by atoms with Gasteiger partial charge < -0.3 is 19.7 Å². The van der Waals surface area contributed by atoms with Crippen molar-refractivity contribution in [2.24, 2.45) is 11.8 Å². The zero-order chi connectivity index (χ0) is 17.9. The van der Waals surface area contributed by atoms with Gasteiger partial charge in [-0.1, -0.05) is 0 Å². The molecule has 1 aromatic heterocycles. The van der Waals surface area contributed by atoms with Gasteiger partial charge in [0.15, 0.2) is 5.76 Å². The standard InChI is InChI=1S/C13H18N2O2.C2HF3O2/c1-9-2-3-12(17-9)13(16)15-7-10-4-11(8-15)6-14-5-10;3-2(4,5)1(6)7/h2-3,10-11,14H,4-8H2,1H3;(H,6,7)/t10-,11+;. The first kappa shape index (κ1) is 18.3. The van der Waals surface area contributed by atoms with Gasteiger partial charge in [-0.05, 0) is 50.4 Å². The van der Waals surface area contributed by atoms with Gasteiger partial charge in [-0.3, -0.25) is 4.79 Å². The Hall–Kier alpha value is -2.03. The quantitative estimate of drug-likeness (QED) is 0.810. The zero-order valence-electron chi connectivity index (χ0n) is 13.1. The number of rotatable bonds is 1. The van der Waals surface area contributed by atoms with Crippen LogP contribution in [0.3, 0.4) is 0 Å². The Morgan fingerprint density at radius 2 is 1.79 bits per heavy atom. The molecular formula is C15H19F3N2O4. The van der Waals surface area contributed by atoms with Crippen molar-refractivity contribution in [1.29, 1.82) is 0 Å². The van der Waals surface area contributed by atoms with E-state index in [2.05, 4.69) is 5.32 Å². The normalized spacial score (nSPS) is 23.2. The predicted octanol–water partition coefficient (Wildman–Crippen LogP) is 1.90. The van der Waals surface area contributed by atoms with Gasteiger partial charge in [-0.2, -0.15) is 13.2 Å². The second kappa shape index (κ2) is 7.25. The molecule has 0 spiro atoms. The van der Waals surface area contributed by atoms with E-state index < -0.39 is 12.1 Å². The molecule has 24 heavy (non-hydrogen) atoms. The van der Waals surface area contributed by atoms with E-state index in [4.69, 9.17) is 14.3 Å². The van der Waals surface area contributed by atoms with Crippen molar-refractivity contribution in [1.82, 2.24) is 10.2 Å². The van der Waals surface area contributed by atoms with Crippen LogP contribution in [-0.4, -0.2) is 54.2 Å². The SMILES string of the molecule is Cc1ccc(C(=O)N2C[C@@H]3CNC[C@@H](C3)C2)o1.O=C(O)C(F)(F)F. The maximum Gasteiger partial charge on any atom is 0.490 e. The topological polar surface area (TPSA) is 82.8 Å². The highest BCUT2D eigenvalue weighted by atomic mass is 19.4. The van der Waals surface area contributed by atoms with Crippen LogP contribution >= 0.6 is 0 Å². The molecule has 0 aliphatic carbocycles. The molecule has 2 fully saturated rings. The minimum atomic E-state index is -5.08. The molecule has 134 valence electrons. The van der Waals surface area contributed by atoms with Crippen LogP contribution in [0, 0.1) is 18.8 Å². The molecule has 2 bridgehead atoms. The van der Waals surface area contributed by atoms with Gasteiger partial charge in [0, 0.05) is 13.1 Å². The number of halogens is 3. The molecule has 1 aromatic rings. The summed E-state index contributed by atoms with van der Waals surface area (Å²) >= 11 is 0. The summed E-state index contributed by atoms with van der Waals surface area (Å²) < 4.78 is 37.1. The highest BCUT2D eigenvalue weighted by Crippen LogP contribution is 2.25. The molecule has 2 N–H and O–H groups in total. The molecular weight excluding hydrogens is 329 g/mol. The molecule has 9 heteroatoms. The molecule has 1 amide bonds. The highest BCUT2D eigenvalue weighted by Gasteiger charge is 2.38. The number of piperidine rings is 2. The number of furan rings is 1. The summed E-state index contributed by atoms with van der Waals surface area (Å²) in [7, 11) is 0. The minimum absolute atomic E-state index is 0.0506. The molecule has 2 aliphatic rings. The van der Waals surface area contributed by atoms with Crippen molar-refractivity contribution in [3.63, 3.8) is 0 Å². The molecule has 0 radical (unpaired) electrons. The summed E-state index contributed by atoms with van der Waals surface area (Å²) in [5.74, 6) is -0.199. The van der Waals surface area contributed by atoms with E-state index in [1.165, 1.54) is 6.42 Å². The number of nitrogens with one attached hydrogen (secondary N) is 1. The van der Waals surface area contributed by atoms with Gasteiger partial charge >= 0.3 is 12.1 Å². The highest BCUT2D eigenvalue weighted by molar-refractivity contribution is 5.91. The van der Waals surface area contributed by atoms with Crippen molar-refractivity contribution in [2.45, 2.75) is 19.5 Å². The number of amides is 1. The second-order valence-corrected chi connectivity index (χ2v) is 6.05. The molecule has 3 rings (SSSR count). The first-order chi connectivity index (χ1) is 11.2. The number of hydrogen-bond acceptors (Lipinski definition) is 4. The Bertz CT molecular complexity index is 588. The average Bonchev–Trinajstić information content (AvgIpc) is 2.92. The van der Waals surface area contributed by atoms with Crippen molar-refractivity contribution in [2.75, 3.05) is 26.2 Å². The van der Waals surface area contributed by atoms with Crippen LogP contribution in [0.2, 0.25) is 0 Å². The van der Waals surface area contributed by atoms with Gasteiger partial charge in [-0.25, -0.2) is 4.79 Å². The summed E-state index contributed by atoms with van der Waals surface area (Å²) in [5.41, 5.74) is 0. The van der Waals surface area contributed by atoms with E-state index in [1.54, 1.807) is 6.07 Å².